The lowest BCUT2D eigenvalue weighted by Gasteiger charge is -2.31. The first-order valence-corrected chi connectivity index (χ1v) is 9.02. The molecule has 0 aromatic heterocycles. The van der Waals surface area contributed by atoms with Crippen molar-refractivity contribution in [1.82, 2.24) is 10.2 Å². The molecule has 1 aromatic rings. The van der Waals surface area contributed by atoms with Crippen molar-refractivity contribution in [3.8, 4) is 5.75 Å². The standard InChI is InChI=1S/C19H26N2O6/c1-26-11-3-8-20-18(24)14-6-9-21(10-7-14)19(25)15-4-2-5-16(12-15)27-13-17(22)23/h2,4-5,12,14H,3,6-11,13H2,1H3,(H,20,24)(H,22,23). The Bertz CT molecular complexity index is 655. The van der Waals surface area contributed by atoms with E-state index in [1.54, 1.807) is 36.3 Å². The van der Waals surface area contributed by atoms with Gasteiger partial charge in [-0.05, 0) is 37.5 Å². The quantitative estimate of drug-likeness (QED) is 0.625. The molecule has 0 bridgehead atoms. The summed E-state index contributed by atoms with van der Waals surface area (Å²) in [4.78, 5) is 37.1. The Hall–Kier alpha value is -2.61. The number of carbonyl (C=O) groups excluding carboxylic acids is 2. The number of nitrogens with zero attached hydrogens (tertiary/aromatic N) is 1. The highest BCUT2D eigenvalue weighted by molar-refractivity contribution is 5.94. The van der Waals surface area contributed by atoms with E-state index in [2.05, 4.69) is 5.32 Å². The maximum atomic E-state index is 12.7. The molecule has 1 fully saturated rings. The highest BCUT2D eigenvalue weighted by Gasteiger charge is 2.27. The van der Waals surface area contributed by atoms with Gasteiger partial charge in [0.1, 0.15) is 5.75 Å². The number of hydrogen-bond donors (Lipinski definition) is 2. The summed E-state index contributed by atoms with van der Waals surface area (Å²) in [6.07, 6.45) is 2.02. The van der Waals surface area contributed by atoms with E-state index < -0.39 is 12.6 Å². The Morgan fingerprint density at radius 1 is 1.26 bits per heavy atom. The predicted molar refractivity (Wildman–Crippen MR) is 97.7 cm³/mol. The van der Waals surface area contributed by atoms with Gasteiger partial charge in [-0.15, -0.1) is 0 Å². The second-order valence-electron chi connectivity index (χ2n) is 6.41. The molecule has 0 atom stereocenters. The number of rotatable bonds is 9. The first kappa shape index (κ1) is 20.7. The highest BCUT2D eigenvalue weighted by Crippen LogP contribution is 2.21. The molecule has 2 N–H and O–H groups in total. The summed E-state index contributed by atoms with van der Waals surface area (Å²) in [5.74, 6) is -0.929. The van der Waals surface area contributed by atoms with Gasteiger partial charge in [-0.25, -0.2) is 4.79 Å². The van der Waals surface area contributed by atoms with Crippen LogP contribution in [0.3, 0.4) is 0 Å². The molecule has 27 heavy (non-hydrogen) atoms. The Kier molecular flexibility index (Phi) is 8.06. The molecule has 2 amide bonds. The fourth-order valence-electron chi connectivity index (χ4n) is 2.96. The van der Waals surface area contributed by atoms with Crippen LogP contribution in [0.4, 0.5) is 0 Å². The Morgan fingerprint density at radius 2 is 2.00 bits per heavy atom. The molecule has 1 aliphatic rings. The van der Waals surface area contributed by atoms with E-state index >= 15 is 0 Å². The zero-order valence-electron chi connectivity index (χ0n) is 15.5. The summed E-state index contributed by atoms with van der Waals surface area (Å²) < 4.78 is 10.1. The fraction of sp³-hybridized carbons (Fsp3) is 0.526. The van der Waals surface area contributed by atoms with Gasteiger partial charge in [0.15, 0.2) is 6.61 Å². The van der Waals surface area contributed by atoms with Crippen LogP contribution in [0.2, 0.25) is 0 Å². The number of likely N-dealkylation sites (tertiary alicyclic amines) is 1. The fourth-order valence-corrected chi connectivity index (χ4v) is 2.96. The van der Waals surface area contributed by atoms with Crippen molar-refractivity contribution < 1.29 is 29.0 Å². The van der Waals surface area contributed by atoms with Crippen molar-refractivity contribution >= 4 is 17.8 Å². The van der Waals surface area contributed by atoms with Gasteiger partial charge < -0.3 is 24.8 Å². The van der Waals surface area contributed by atoms with Crippen LogP contribution in [0.25, 0.3) is 0 Å². The van der Waals surface area contributed by atoms with Crippen LogP contribution in [0, 0.1) is 5.92 Å². The van der Waals surface area contributed by atoms with Gasteiger partial charge in [-0.2, -0.15) is 0 Å². The third-order valence-electron chi connectivity index (χ3n) is 4.42. The zero-order chi connectivity index (χ0) is 19.6. The number of benzene rings is 1. The molecule has 8 heteroatoms. The van der Waals surface area contributed by atoms with Crippen molar-refractivity contribution in [3.63, 3.8) is 0 Å². The van der Waals surface area contributed by atoms with Crippen molar-refractivity contribution in [2.75, 3.05) is 40.0 Å². The molecule has 0 unspecified atom stereocenters. The maximum absolute atomic E-state index is 12.7. The highest BCUT2D eigenvalue weighted by atomic mass is 16.5. The van der Waals surface area contributed by atoms with Gasteiger partial charge in [-0.3, -0.25) is 9.59 Å². The number of carboxylic acid groups (broad SMARTS) is 1. The first-order chi connectivity index (χ1) is 13.0. The molecule has 1 aliphatic heterocycles. The van der Waals surface area contributed by atoms with Crippen LogP contribution in [0.15, 0.2) is 24.3 Å². The summed E-state index contributed by atoms with van der Waals surface area (Å²) in [5.41, 5.74) is 0.445. The van der Waals surface area contributed by atoms with E-state index in [9.17, 15) is 14.4 Å². The molecule has 1 aromatic carbocycles. The topological polar surface area (TPSA) is 105 Å². The van der Waals surface area contributed by atoms with Crippen molar-refractivity contribution in [2.24, 2.45) is 5.92 Å². The van der Waals surface area contributed by atoms with Crippen LogP contribution in [0.5, 0.6) is 5.75 Å². The molecule has 0 spiro atoms. The normalized spacial score (nSPS) is 14.6. The third-order valence-corrected chi connectivity index (χ3v) is 4.42. The van der Waals surface area contributed by atoms with Crippen molar-refractivity contribution in [1.29, 1.82) is 0 Å². The molecule has 148 valence electrons. The molecule has 2 rings (SSSR count). The van der Waals surface area contributed by atoms with Gasteiger partial charge in [0.2, 0.25) is 5.91 Å². The number of amides is 2. The van der Waals surface area contributed by atoms with Gasteiger partial charge in [0, 0.05) is 44.8 Å². The molecule has 1 saturated heterocycles. The minimum atomic E-state index is -1.07. The number of methoxy groups -OCH3 is 1. The molecule has 0 radical (unpaired) electrons. The zero-order valence-corrected chi connectivity index (χ0v) is 15.5. The first-order valence-electron chi connectivity index (χ1n) is 9.02. The van der Waals surface area contributed by atoms with Gasteiger partial charge in [0.25, 0.3) is 5.91 Å². The molecule has 0 saturated carbocycles. The number of piperidine rings is 1. The lowest BCUT2D eigenvalue weighted by Crippen LogP contribution is -2.43. The van der Waals surface area contributed by atoms with Gasteiger partial charge in [-0.1, -0.05) is 6.07 Å². The van der Waals surface area contributed by atoms with Crippen LogP contribution in [-0.4, -0.2) is 67.7 Å². The van der Waals surface area contributed by atoms with Crippen LogP contribution < -0.4 is 10.1 Å². The molecule has 8 nitrogen and oxygen atoms in total. The third kappa shape index (κ3) is 6.56. The Labute approximate surface area is 158 Å². The second kappa shape index (κ2) is 10.5. The average molecular weight is 378 g/mol. The summed E-state index contributed by atoms with van der Waals surface area (Å²) >= 11 is 0. The summed E-state index contributed by atoms with van der Waals surface area (Å²) in [7, 11) is 1.63. The summed E-state index contributed by atoms with van der Waals surface area (Å²) in [6.45, 7) is 1.77. The predicted octanol–water partition coefficient (Wildman–Crippen LogP) is 1.15. The number of aliphatic carboxylic acids is 1. The molecular weight excluding hydrogens is 352 g/mol. The summed E-state index contributed by atoms with van der Waals surface area (Å²) in [6, 6.07) is 6.48. The lowest BCUT2D eigenvalue weighted by atomic mass is 9.95. The van der Waals surface area contributed by atoms with Crippen LogP contribution in [-0.2, 0) is 14.3 Å². The minimum Gasteiger partial charge on any atom is -0.482 e. The number of ether oxygens (including phenoxy) is 2. The van der Waals surface area contributed by atoms with Gasteiger partial charge in [0.05, 0.1) is 0 Å². The van der Waals surface area contributed by atoms with E-state index in [4.69, 9.17) is 14.6 Å². The Morgan fingerprint density at radius 3 is 2.67 bits per heavy atom. The number of nitrogens with one attached hydrogen (secondary N) is 1. The largest absolute Gasteiger partial charge is 0.482 e. The number of carboxylic acids is 1. The van der Waals surface area contributed by atoms with Crippen LogP contribution >= 0.6 is 0 Å². The van der Waals surface area contributed by atoms with E-state index in [0.29, 0.717) is 50.4 Å². The number of carbonyl (C=O) groups is 3. The minimum absolute atomic E-state index is 0.0299. The number of hydrogen-bond acceptors (Lipinski definition) is 5. The van der Waals surface area contributed by atoms with Gasteiger partial charge >= 0.3 is 5.97 Å². The van der Waals surface area contributed by atoms with E-state index in [1.807, 2.05) is 0 Å². The maximum Gasteiger partial charge on any atom is 0.341 e. The van der Waals surface area contributed by atoms with Crippen LogP contribution in [0.1, 0.15) is 29.6 Å². The van der Waals surface area contributed by atoms with Crippen molar-refractivity contribution in [3.05, 3.63) is 29.8 Å². The summed E-state index contributed by atoms with van der Waals surface area (Å²) in [5, 5.41) is 11.6. The molecular formula is C19H26N2O6. The van der Waals surface area contributed by atoms with E-state index in [-0.39, 0.29) is 17.7 Å². The van der Waals surface area contributed by atoms with E-state index in [1.165, 1.54) is 0 Å². The Balaban J connectivity index is 1.83. The SMILES string of the molecule is COCCCNC(=O)C1CCN(C(=O)c2cccc(OCC(=O)O)c2)CC1. The van der Waals surface area contributed by atoms with Crippen molar-refractivity contribution in [2.45, 2.75) is 19.3 Å². The smallest absolute Gasteiger partial charge is 0.341 e. The monoisotopic (exact) mass is 378 g/mol. The second-order valence-corrected chi connectivity index (χ2v) is 6.41. The molecule has 0 aliphatic carbocycles. The molecule has 1 heterocycles. The average Bonchev–Trinajstić information content (AvgIpc) is 2.69. The van der Waals surface area contributed by atoms with E-state index in [0.717, 1.165) is 6.42 Å². The lowest BCUT2D eigenvalue weighted by molar-refractivity contribution is -0.139.